The zero-order chi connectivity index (χ0) is 7.84. The van der Waals surface area contributed by atoms with Crippen molar-refractivity contribution in [3.8, 4) is 0 Å². The van der Waals surface area contributed by atoms with Crippen LogP contribution in [0.1, 0.15) is 20.6 Å². The Bertz CT molecular complexity index is 269. The van der Waals surface area contributed by atoms with Crippen molar-refractivity contribution in [1.82, 2.24) is 9.55 Å². The molecule has 2 rings (SSSR count). The topological polar surface area (TPSA) is 43.8 Å². The van der Waals surface area contributed by atoms with E-state index < -0.39 is 0 Å². The smallest absolute Gasteiger partial charge is 0.141 e. The van der Waals surface area contributed by atoms with Crippen LogP contribution in [0.5, 0.6) is 0 Å². The van der Waals surface area contributed by atoms with Gasteiger partial charge in [-0.3, -0.25) is 0 Å². The minimum atomic E-state index is 0. The largest absolute Gasteiger partial charge is 0.382 e. The highest BCUT2D eigenvalue weighted by atomic mass is 15.1. The third kappa shape index (κ3) is 1.11. The van der Waals surface area contributed by atoms with E-state index in [1.807, 2.05) is 6.20 Å². The molecule has 2 N–H and O–H groups in total. The number of imidazole rings is 1. The molecular weight excluding hydrogens is 138 g/mol. The van der Waals surface area contributed by atoms with E-state index in [1.54, 1.807) is 0 Å². The zero-order valence-corrected chi connectivity index (χ0v) is 6.75. The van der Waals surface area contributed by atoms with Crippen molar-refractivity contribution in [1.29, 1.82) is 0 Å². The van der Waals surface area contributed by atoms with Crippen molar-refractivity contribution < 1.29 is 1.43 Å². The van der Waals surface area contributed by atoms with Gasteiger partial charge in [-0.2, -0.15) is 0 Å². The van der Waals surface area contributed by atoms with Gasteiger partial charge in [0.25, 0.3) is 0 Å². The van der Waals surface area contributed by atoms with E-state index >= 15 is 0 Å². The zero-order valence-electron chi connectivity index (χ0n) is 6.75. The molecule has 3 heteroatoms. The van der Waals surface area contributed by atoms with E-state index in [-0.39, 0.29) is 1.43 Å². The van der Waals surface area contributed by atoms with Crippen molar-refractivity contribution in [3.05, 3.63) is 12.0 Å². The van der Waals surface area contributed by atoms with E-state index in [9.17, 15) is 0 Å². The van der Waals surface area contributed by atoms with Crippen LogP contribution in [0.15, 0.2) is 6.20 Å². The third-order valence-corrected chi connectivity index (χ3v) is 2.25. The summed E-state index contributed by atoms with van der Waals surface area (Å²) >= 11 is 0. The van der Waals surface area contributed by atoms with Gasteiger partial charge in [0.2, 0.25) is 0 Å². The Hall–Kier alpha value is -0.990. The molecule has 1 atom stereocenters. The van der Waals surface area contributed by atoms with Gasteiger partial charge in [-0.1, -0.05) is 6.92 Å². The Labute approximate surface area is 67.7 Å². The third-order valence-electron chi connectivity index (χ3n) is 2.25. The molecule has 0 spiro atoms. The normalized spacial score (nSPS) is 23.2. The SMILES string of the molecule is CC1CCc2nc(N)cn2C1.[2HH]. The van der Waals surface area contributed by atoms with Gasteiger partial charge in [-0.25, -0.2) is 4.98 Å². The van der Waals surface area contributed by atoms with Crippen LogP contribution in [-0.4, -0.2) is 9.55 Å². The summed E-state index contributed by atoms with van der Waals surface area (Å²) in [6.07, 6.45) is 4.26. The molecule has 0 saturated heterocycles. The van der Waals surface area contributed by atoms with E-state index in [1.165, 1.54) is 6.42 Å². The molecule has 1 aliphatic rings. The standard InChI is InChI=1S/C8H13N3.H2/c1-6-2-3-8-10-7(9)5-11(8)4-6;/h5-6H,2-4,9H2,1H3;1H/i;1+1. The van der Waals surface area contributed by atoms with Crippen LogP contribution in [0, 0.1) is 5.92 Å². The number of nitrogens with two attached hydrogens (primary N) is 1. The van der Waals surface area contributed by atoms with Gasteiger partial charge in [0.15, 0.2) is 0 Å². The fraction of sp³-hybridized carbons (Fsp3) is 0.625. The monoisotopic (exact) mass is 154 g/mol. The van der Waals surface area contributed by atoms with Crippen LogP contribution in [0.2, 0.25) is 0 Å². The maximum absolute atomic E-state index is 5.57. The van der Waals surface area contributed by atoms with Crippen molar-refractivity contribution in [2.75, 3.05) is 5.73 Å². The summed E-state index contributed by atoms with van der Waals surface area (Å²) in [6.45, 7) is 3.35. The van der Waals surface area contributed by atoms with Crippen molar-refractivity contribution in [2.24, 2.45) is 5.92 Å². The first-order valence-electron chi connectivity index (χ1n) is 4.07. The maximum Gasteiger partial charge on any atom is 0.141 e. The molecule has 0 radical (unpaired) electrons. The highest BCUT2D eigenvalue weighted by Crippen LogP contribution is 2.19. The fourth-order valence-corrected chi connectivity index (χ4v) is 1.64. The number of anilines is 1. The summed E-state index contributed by atoms with van der Waals surface area (Å²) in [5, 5.41) is 0. The van der Waals surface area contributed by atoms with Crippen molar-refractivity contribution in [3.63, 3.8) is 0 Å². The summed E-state index contributed by atoms with van der Waals surface area (Å²) in [7, 11) is 0. The van der Waals surface area contributed by atoms with Crippen LogP contribution in [-0.2, 0) is 13.0 Å². The van der Waals surface area contributed by atoms with Crippen LogP contribution in [0.4, 0.5) is 5.82 Å². The van der Waals surface area contributed by atoms with E-state index in [0.717, 1.165) is 24.7 Å². The summed E-state index contributed by atoms with van der Waals surface area (Å²) in [4.78, 5) is 4.23. The van der Waals surface area contributed by atoms with Gasteiger partial charge in [-0.15, -0.1) is 0 Å². The number of rotatable bonds is 0. The molecule has 0 aromatic carbocycles. The number of hydrogen-bond donors (Lipinski definition) is 1. The van der Waals surface area contributed by atoms with Gasteiger partial charge >= 0.3 is 0 Å². The molecule has 0 saturated carbocycles. The lowest BCUT2D eigenvalue weighted by Crippen LogP contribution is -2.17. The average Bonchev–Trinajstić information content (AvgIpc) is 2.27. The van der Waals surface area contributed by atoms with Crippen molar-refractivity contribution in [2.45, 2.75) is 26.3 Å². The maximum atomic E-state index is 5.57. The molecule has 0 amide bonds. The lowest BCUT2D eigenvalue weighted by atomic mass is 10.0. The summed E-state index contributed by atoms with van der Waals surface area (Å²) < 4.78 is 2.17. The molecule has 1 unspecified atom stereocenters. The number of aryl methyl sites for hydroxylation is 1. The molecule has 0 fully saturated rings. The quantitative estimate of drug-likeness (QED) is 0.612. The Morgan fingerprint density at radius 2 is 2.64 bits per heavy atom. The lowest BCUT2D eigenvalue weighted by Gasteiger charge is -2.19. The fourth-order valence-electron chi connectivity index (χ4n) is 1.64. The highest BCUT2D eigenvalue weighted by Gasteiger charge is 2.15. The van der Waals surface area contributed by atoms with Gasteiger partial charge in [0, 0.05) is 20.6 Å². The summed E-state index contributed by atoms with van der Waals surface area (Å²) in [6, 6.07) is 0. The van der Waals surface area contributed by atoms with Gasteiger partial charge in [0.1, 0.15) is 11.6 Å². The number of hydrogen-bond acceptors (Lipinski definition) is 2. The van der Waals surface area contributed by atoms with E-state index in [4.69, 9.17) is 5.73 Å². The molecule has 0 bridgehead atoms. The molecular formula is C8H15N3. The second-order valence-corrected chi connectivity index (χ2v) is 3.38. The number of nitrogens with zero attached hydrogens (tertiary/aromatic N) is 2. The molecule has 0 aliphatic carbocycles. The second-order valence-electron chi connectivity index (χ2n) is 3.38. The Balaban J connectivity index is 0.000000720. The van der Waals surface area contributed by atoms with Crippen LogP contribution in [0.25, 0.3) is 0 Å². The minimum absolute atomic E-state index is 0. The Morgan fingerprint density at radius 1 is 1.82 bits per heavy atom. The number of fused-ring (bicyclic) bond motifs is 1. The minimum Gasteiger partial charge on any atom is -0.382 e. The summed E-state index contributed by atoms with van der Waals surface area (Å²) in [5.74, 6) is 2.59. The van der Waals surface area contributed by atoms with Crippen molar-refractivity contribution >= 4 is 5.82 Å². The Kier molecular flexibility index (Phi) is 1.37. The molecule has 11 heavy (non-hydrogen) atoms. The molecule has 2 heterocycles. The first-order valence-corrected chi connectivity index (χ1v) is 4.07. The van der Waals surface area contributed by atoms with Gasteiger partial charge in [-0.05, 0) is 12.3 Å². The first-order chi connectivity index (χ1) is 5.25. The van der Waals surface area contributed by atoms with E-state index in [2.05, 4.69) is 16.5 Å². The van der Waals surface area contributed by atoms with Crippen LogP contribution < -0.4 is 5.73 Å². The molecule has 3 nitrogen and oxygen atoms in total. The first kappa shape index (κ1) is 6.70. The molecule has 62 valence electrons. The molecule has 1 aromatic heterocycles. The van der Waals surface area contributed by atoms with Gasteiger partial charge < -0.3 is 10.3 Å². The van der Waals surface area contributed by atoms with Crippen LogP contribution >= 0.6 is 0 Å². The average molecular weight is 154 g/mol. The van der Waals surface area contributed by atoms with E-state index in [0.29, 0.717) is 5.82 Å². The molecule has 1 aromatic rings. The summed E-state index contributed by atoms with van der Waals surface area (Å²) in [5.41, 5.74) is 5.57. The van der Waals surface area contributed by atoms with Gasteiger partial charge in [0.05, 0.1) is 0 Å². The second kappa shape index (κ2) is 2.26. The predicted molar refractivity (Wildman–Crippen MR) is 46.2 cm³/mol. The number of aromatic nitrogens is 2. The lowest BCUT2D eigenvalue weighted by molar-refractivity contribution is 0.394. The van der Waals surface area contributed by atoms with Crippen LogP contribution in [0.3, 0.4) is 0 Å². The number of nitrogen functional groups attached to an aromatic ring is 1. The molecule has 1 aliphatic heterocycles. The predicted octanol–water partition coefficient (Wildman–Crippen LogP) is 1.29. The highest BCUT2D eigenvalue weighted by molar-refractivity contribution is 5.26. The Morgan fingerprint density at radius 3 is 3.45 bits per heavy atom.